The van der Waals surface area contributed by atoms with E-state index in [4.69, 9.17) is 4.98 Å². The minimum Gasteiger partial charge on any atom is -0.309 e. The Morgan fingerprint density at radius 1 is 0.223 bits per heavy atom. The number of halogens is 3. The van der Waals surface area contributed by atoms with Crippen molar-refractivity contribution in [3.05, 3.63) is 309 Å². The smallest absolute Gasteiger partial charge is 0.309 e. The highest BCUT2D eigenvalue weighted by molar-refractivity contribution is 6.17. The lowest BCUT2D eigenvalue weighted by atomic mass is 10.00. The van der Waals surface area contributed by atoms with Crippen molar-refractivity contribution < 1.29 is 13.2 Å². The molecule has 0 N–H and O–H groups in total. The van der Waals surface area contributed by atoms with E-state index in [1.807, 2.05) is 16.8 Å². The molecule has 0 amide bonds. The highest BCUT2D eigenvalue weighted by Gasteiger charge is 2.33. The molecule has 0 aliphatic carbocycles. The fourth-order valence-electron chi connectivity index (χ4n) is 15.8. The standard InChI is InChI=1S/C84H50F3N7/c85-84(86,87)51-33-38-64(83(45-51)94-80-41-36-54(91-74-29-13-5-21-60(74)61-22-6-14-30-75(61)91)48-67(80)68-49-55(37-42-81(68)94)92-76-31-15-7-23-62(76)63-24-8-16-32-77(63)92)69-50-88-44-43-82(69)93-78-39-34-52(89-70-25-9-1-17-56(70)57-18-2-10-26-71(57)89)46-65(78)66-47-53(35-40-79(66)93)90-72-27-11-3-19-58(72)59-20-4-12-28-73(59)90/h1-50H. The third-order valence-electron chi connectivity index (χ3n) is 19.7. The van der Waals surface area contributed by atoms with Crippen LogP contribution in [0.1, 0.15) is 5.56 Å². The van der Waals surface area contributed by atoms with E-state index >= 15 is 13.2 Å². The third kappa shape index (κ3) is 7.41. The first kappa shape index (κ1) is 52.4. The largest absolute Gasteiger partial charge is 0.416 e. The zero-order chi connectivity index (χ0) is 62.1. The Bertz CT molecular complexity index is 6060. The van der Waals surface area contributed by atoms with Crippen molar-refractivity contribution in [3.8, 4) is 45.3 Å². The number of para-hydroxylation sites is 8. The Morgan fingerprint density at radius 3 is 0.777 bits per heavy atom. The molecule has 10 heteroatoms. The van der Waals surface area contributed by atoms with Gasteiger partial charge in [0.2, 0.25) is 0 Å². The summed E-state index contributed by atoms with van der Waals surface area (Å²) < 4.78 is 60.8. The lowest BCUT2D eigenvalue weighted by Gasteiger charge is -2.20. The molecule has 0 aliphatic heterocycles. The monoisotopic (exact) mass is 1210 g/mol. The first-order valence-electron chi connectivity index (χ1n) is 31.6. The highest BCUT2D eigenvalue weighted by Crippen LogP contribution is 2.47. The van der Waals surface area contributed by atoms with E-state index in [-0.39, 0.29) is 0 Å². The van der Waals surface area contributed by atoms with Crippen LogP contribution in [0.4, 0.5) is 13.2 Å². The molecule has 20 aromatic rings. The van der Waals surface area contributed by atoms with Crippen LogP contribution in [0, 0.1) is 0 Å². The van der Waals surface area contributed by atoms with Gasteiger partial charge in [0.25, 0.3) is 0 Å². The molecule has 0 saturated carbocycles. The number of hydrogen-bond donors (Lipinski definition) is 0. The molecule has 0 bridgehead atoms. The molecular weight excluding hydrogens is 1160 g/mol. The van der Waals surface area contributed by atoms with Crippen molar-refractivity contribution in [1.82, 2.24) is 32.4 Å². The molecule has 0 saturated heterocycles. The van der Waals surface area contributed by atoms with Crippen LogP contribution in [0.2, 0.25) is 0 Å². The second kappa shape index (κ2) is 19.6. The molecule has 94 heavy (non-hydrogen) atoms. The van der Waals surface area contributed by atoms with Gasteiger partial charge >= 0.3 is 6.18 Å². The summed E-state index contributed by atoms with van der Waals surface area (Å²) in [6, 6.07) is 100. The van der Waals surface area contributed by atoms with Crippen LogP contribution in [0.3, 0.4) is 0 Å². The SMILES string of the molecule is FC(F)(F)c1ccc(-c2cnccc2-n2c3ccc(-n4c5ccccc5c5ccccc54)cc3c3cc(-n4c5ccccc5c5ccccc54)ccc32)c(-n2c3ccc(-n4c5ccccc5c5ccccc54)cc3c3cc(-n4c5ccccc5c5ccccc54)ccc32)c1. The zero-order valence-electron chi connectivity index (χ0n) is 50.1. The molecule has 13 aromatic carbocycles. The average molecular weight is 1210 g/mol. The highest BCUT2D eigenvalue weighted by atomic mass is 19.4. The van der Waals surface area contributed by atoms with Gasteiger partial charge in [-0.3, -0.25) is 4.98 Å². The van der Waals surface area contributed by atoms with Gasteiger partial charge in [0.05, 0.1) is 83.1 Å². The van der Waals surface area contributed by atoms with Gasteiger partial charge in [0, 0.05) is 111 Å². The van der Waals surface area contributed by atoms with Crippen molar-refractivity contribution in [1.29, 1.82) is 0 Å². The Labute approximate surface area is 534 Å². The van der Waals surface area contributed by atoms with Gasteiger partial charge in [-0.15, -0.1) is 0 Å². The van der Waals surface area contributed by atoms with E-state index in [1.54, 1.807) is 12.3 Å². The Balaban J connectivity index is 0.856. The number of alkyl halides is 3. The van der Waals surface area contributed by atoms with Crippen LogP contribution in [-0.2, 0) is 6.18 Å². The molecular formula is C84H50F3N7. The molecule has 7 heterocycles. The minimum atomic E-state index is -4.67. The zero-order valence-corrected chi connectivity index (χ0v) is 50.1. The van der Waals surface area contributed by atoms with E-state index in [1.165, 1.54) is 33.7 Å². The lowest BCUT2D eigenvalue weighted by Crippen LogP contribution is -2.08. The van der Waals surface area contributed by atoms with Gasteiger partial charge in [0.15, 0.2) is 0 Å². The average Bonchev–Trinajstić information content (AvgIpc) is 1.56. The first-order chi connectivity index (χ1) is 46.3. The lowest BCUT2D eigenvalue weighted by molar-refractivity contribution is -0.137. The fraction of sp³-hybridized carbons (Fsp3) is 0.0119. The Hall–Kier alpha value is -12.4. The second-order valence-electron chi connectivity index (χ2n) is 24.6. The maximum Gasteiger partial charge on any atom is 0.416 e. The number of benzene rings is 13. The number of aromatic nitrogens is 7. The number of hydrogen-bond acceptors (Lipinski definition) is 1. The molecule has 0 atom stereocenters. The number of pyridine rings is 1. The molecule has 7 aromatic heterocycles. The Kier molecular flexibility index (Phi) is 10.9. The summed E-state index contributed by atoms with van der Waals surface area (Å²) in [4.78, 5) is 4.84. The maximum atomic E-state index is 15.7. The quantitative estimate of drug-likeness (QED) is 0.157. The van der Waals surface area contributed by atoms with E-state index in [0.717, 1.165) is 138 Å². The molecule has 0 spiro atoms. The molecule has 0 unspecified atom stereocenters. The van der Waals surface area contributed by atoms with E-state index in [0.29, 0.717) is 16.8 Å². The normalized spacial score (nSPS) is 12.4. The summed E-state index contributed by atoms with van der Waals surface area (Å²) in [7, 11) is 0. The summed E-state index contributed by atoms with van der Waals surface area (Å²) in [6.45, 7) is 0. The van der Waals surface area contributed by atoms with Crippen molar-refractivity contribution in [2.24, 2.45) is 0 Å². The summed E-state index contributed by atoms with van der Waals surface area (Å²) in [5, 5.41) is 13.0. The molecule has 442 valence electrons. The van der Waals surface area contributed by atoms with Crippen molar-refractivity contribution >= 4 is 131 Å². The van der Waals surface area contributed by atoms with Gasteiger partial charge in [-0.2, -0.15) is 13.2 Å². The predicted octanol–water partition coefficient (Wildman–Crippen LogP) is 22.4. The fourth-order valence-corrected chi connectivity index (χ4v) is 15.8. The first-order valence-corrected chi connectivity index (χ1v) is 31.6. The van der Waals surface area contributed by atoms with Gasteiger partial charge in [-0.05, 0) is 140 Å². The van der Waals surface area contributed by atoms with Gasteiger partial charge < -0.3 is 27.4 Å². The second-order valence-corrected chi connectivity index (χ2v) is 24.6. The molecule has 7 nitrogen and oxygen atoms in total. The van der Waals surface area contributed by atoms with Crippen LogP contribution in [0.15, 0.2) is 304 Å². The minimum absolute atomic E-state index is 0.362. The summed E-state index contributed by atoms with van der Waals surface area (Å²) >= 11 is 0. The van der Waals surface area contributed by atoms with Gasteiger partial charge in [0.1, 0.15) is 0 Å². The van der Waals surface area contributed by atoms with Crippen LogP contribution >= 0.6 is 0 Å². The maximum absolute atomic E-state index is 15.7. The van der Waals surface area contributed by atoms with E-state index in [2.05, 4.69) is 290 Å². The molecule has 0 fully saturated rings. The number of fused-ring (bicyclic) bond motifs is 18. The molecule has 20 rings (SSSR count). The van der Waals surface area contributed by atoms with E-state index < -0.39 is 11.7 Å². The van der Waals surface area contributed by atoms with Crippen molar-refractivity contribution in [3.63, 3.8) is 0 Å². The number of rotatable bonds is 7. The third-order valence-corrected chi connectivity index (χ3v) is 19.7. The van der Waals surface area contributed by atoms with Crippen molar-refractivity contribution in [2.75, 3.05) is 0 Å². The topological polar surface area (TPSA) is 42.5 Å². The van der Waals surface area contributed by atoms with Crippen LogP contribution < -0.4 is 0 Å². The van der Waals surface area contributed by atoms with Crippen molar-refractivity contribution in [2.45, 2.75) is 6.18 Å². The Morgan fingerprint density at radius 2 is 0.489 bits per heavy atom. The van der Waals surface area contributed by atoms with E-state index in [9.17, 15) is 0 Å². The van der Waals surface area contributed by atoms with Crippen LogP contribution in [0.25, 0.3) is 176 Å². The predicted molar refractivity (Wildman–Crippen MR) is 381 cm³/mol. The summed E-state index contributed by atoms with van der Waals surface area (Å²) in [5.74, 6) is 0. The summed E-state index contributed by atoms with van der Waals surface area (Å²) in [5.41, 5.74) is 17.4. The van der Waals surface area contributed by atoms with Gasteiger partial charge in [-0.25, -0.2) is 0 Å². The number of nitrogens with zero attached hydrogens (tertiary/aromatic N) is 7. The summed E-state index contributed by atoms with van der Waals surface area (Å²) in [6.07, 6.45) is -1.08. The molecule has 0 aliphatic rings. The van der Waals surface area contributed by atoms with Gasteiger partial charge in [-0.1, -0.05) is 152 Å². The molecule has 0 radical (unpaired) electrons. The van der Waals surface area contributed by atoms with Crippen LogP contribution in [0.5, 0.6) is 0 Å². The van der Waals surface area contributed by atoms with Crippen LogP contribution in [-0.4, -0.2) is 32.4 Å².